The number of primary amides is 2. The molecule has 8 bridgehead atoms. The maximum atomic E-state index is 15.1. The number of amides is 4. The fourth-order valence-electron chi connectivity index (χ4n) is 12.7. The number of anilines is 2. The number of ether oxygens (including phenoxy) is 2. The maximum Gasteiger partial charge on any atom is 0.270 e. The van der Waals surface area contributed by atoms with Crippen molar-refractivity contribution in [3.8, 4) is 34.7 Å². The fraction of sp³-hybridized carbons (Fsp3) is 0.339. The van der Waals surface area contributed by atoms with E-state index in [1.165, 1.54) is 24.3 Å². The number of aliphatic hydroxyl groups is 1. The molecule has 0 radical (unpaired) electrons. The molecular formula is C62H59F2N11O12. The van der Waals surface area contributed by atoms with Gasteiger partial charge in [0.2, 0.25) is 35.4 Å². The summed E-state index contributed by atoms with van der Waals surface area (Å²) >= 11 is 0. The van der Waals surface area contributed by atoms with Crippen molar-refractivity contribution in [2.75, 3.05) is 10.6 Å². The average Bonchev–Trinajstić information content (AvgIpc) is 1.54. The Hall–Kier alpha value is -9.75. The van der Waals surface area contributed by atoms with Crippen molar-refractivity contribution in [1.82, 2.24) is 30.6 Å². The van der Waals surface area contributed by atoms with Crippen molar-refractivity contribution in [2.45, 2.75) is 108 Å². The minimum Gasteiger partial charge on any atom is -0.469 e. The molecule has 10 heterocycles. The van der Waals surface area contributed by atoms with Crippen LogP contribution >= 0.6 is 0 Å². The first kappa shape index (κ1) is 56.4. The van der Waals surface area contributed by atoms with Gasteiger partial charge in [0.1, 0.15) is 64.7 Å². The predicted molar refractivity (Wildman–Crippen MR) is 303 cm³/mol. The van der Waals surface area contributed by atoms with Crippen LogP contribution in [0.3, 0.4) is 0 Å². The quantitative estimate of drug-likeness (QED) is 0.0701. The first-order valence-electron chi connectivity index (χ1n) is 28.4. The highest BCUT2D eigenvalue weighted by Gasteiger charge is 2.63. The summed E-state index contributed by atoms with van der Waals surface area (Å²) in [6.45, 7) is 11.0. The summed E-state index contributed by atoms with van der Waals surface area (Å²) in [5.41, 5.74) is 19.8. The number of benzene rings is 4. The van der Waals surface area contributed by atoms with Crippen molar-refractivity contribution in [1.29, 1.82) is 0 Å². The van der Waals surface area contributed by atoms with Gasteiger partial charge in [-0.15, -0.1) is 0 Å². The van der Waals surface area contributed by atoms with E-state index >= 15 is 4.39 Å². The number of carbonyl (C=O) groups is 5. The number of nitrogens with zero attached hydrogens (tertiary/aromatic N) is 4. The van der Waals surface area contributed by atoms with E-state index in [4.69, 9.17) is 54.3 Å². The summed E-state index contributed by atoms with van der Waals surface area (Å²) in [5.74, 6) is -3.65. The molecule has 0 fully saturated rings. The van der Waals surface area contributed by atoms with Crippen molar-refractivity contribution in [3.63, 3.8) is 0 Å². The molecule has 11 N–H and O–H groups in total. The molecule has 2 spiro atoms. The molecule has 6 aliphatic heterocycles. The van der Waals surface area contributed by atoms with Gasteiger partial charge >= 0.3 is 0 Å². The van der Waals surface area contributed by atoms with Crippen LogP contribution in [0.1, 0.15) is 138 Å². The van der Waals surface area contributed by atoms with Crippen LogP contribution in [0.15, 0.2) is 103 Å². The van der Waals surface area contributed by atoms with Crippen LogP contribution in [0.5, 0.6) is 11.5 Å². The second kappa shape index (κ2) is 20.8. The Labute approximate surface area is 494 Å². The van der Waals surface area contributed by atoms with Crippen molar-refractivity contribution >= 4 is 40.8 Å². The lowest BCUT2D eigenvalue weighted by atomic mass is 9.72. The Morgan fingerprint density at radius 2 is 1.08 bits per heavy atom. The van der Waals surface area contributed by atoms with Gasteiger partial charge in [-0.1, -0.05) is 65.8 Å². The summed E-state index contributed by atoms with van der Waals surface area (Å²) < 4.78 is 67.5. The van der Waals surface area contributed by atoms with Gasteiger partial charge in [-0.3, -0.25) is 24.0 Å². The van der Waals surface area contributed by atoms with Gasteiger partial charge in [-0.05, 0) is 90.3 Å². The van der Waals surface area contributed by atoms with Crippen molar-refractivity contribution in [2.24, 2.45) is 40.9 Å². The molecule has 0 saturated heterocycles. The standard InChI is InChI=1S/C34H34FN5O7.C28H25FN6O5/c1-14(2)25-32-40-26(31-37-22(13-45-31)29(36)43)28(47-32)34-19-12-18(35)6-7-21(19)38-33(34)46-24-8-5-16(10-20(24)34)9-17(30(44)39-25)11-23(41)27(42)15(3)4;1-11(2)20-26-35-21(25-32-18(10-38-25)23(31)36)22(40-26)28-14-9-13(29)4-5-17(14)33-27(28)39-19-6-3-12(7-15(19)28)8-16(30)24(37)34-20/h5-8,10,12-15,17,25,27,33,38,42H,9,11H2,1-4H3,(H2,36,43)(H,39,44);3-7,9-11,16,20,27,33H,8,30H2,1-2H3,(H2,31,36)(H,34,37)/t17-,25+,27+,33-,34+;16-,20-,27+,28-/m10/s1. The van der Waals surface area contributed by atoms with Gasteiger partial charge in [-0.2, -0.15) is 0 Å². The van der Waals surface area contributed by atoms with Gasteiger partial charge < -0.3 is 70.7 Å². The number of nitrogens with one attached hydrogen (secondary N) is 4. The molecule has 0 aliphatic carbocycles. The minimum atomic E-state index is -1.32. The van der Waals surface area contributed by atoms with E-state index in [0.717, 1.165) is 18.1 Å². The highest BCUT2D eigenvalue weighted by Crippen LogP contribution is 2.61. The highest BCUT2D eigenvalue weighted by atomic mass is 19.1. The zero-order valence-corrected chi connectivity index (χ0v) is 47.7. The third-order valence-electron chi connectivity index (χ3n) is 17.0. The van der Waals surface area contributed by atoms with Crippen LogP contribution < -0.4 is 47.9 Å². The summed E-state index contributed by atoms with van der Waals surface area (Å²) in [7, 11) is 0. The normalized spacial score (nSPS) is 23.7. The fourth-order valence-corrected chi connectivity index (χ4v) is 12.7. The molecule has 9 atom stereocenters. The van der Waals surface area contributed by atoms with Crippen molar-refractivity contribution in [3.05, 3.63) is 165 Å². The molecule has 23 nitrogen and oxygen atoms in total. The molecule has 0 unspecified atom stereocenters. The van der Waals surface area contributed by atoms with Crippen molar-refractivity contribution < 1.29 is 65.0 Å². The summed E-state index contributed by atoms with van der Waals surface area (Å²) in [4.78, 5) is 82.2. The third-order valence-corrected chi connectivity index (χ3v) is 17.0. The SMILES string of the molecule is CC(C)[C@@H]1NC(=O)[C@@H](N)Cc2ccc3c(c2)[C@@]2(c4cc(F)ccc4N[C@@H]2O3)c2oc1nc2-c1nc(C(N)=O)co1.CC(C)[C@H](O)C(=O)C[C@H]1Cc2ccc3c(c2)[C@@]2(c4cc(F)ccc4N[C@@H]2O3)c2oc(nc2-c2nc(C(N)=O)co2)[C@H](C(C)C)NC1=O. The summed E-state index contributed by atoms with van der Waals surface area (Å²) in [6, 6.07) is 17.5. The van der Waals surface area contributed by atoms with E-state index in [1.807, 2.05) is 52.0 Å². The second-order valence-corrected chi connectivity index (χ2v) is 23.7. The monoisotopic (exact) mass is 1190 g/mol. The van der Waals surface area contributed by atoms with Crippen LogP contribution in [-0.4, -0.2) is 79.1 Å². The number of aliphatic hydroxyl groups excluding tert-OH is 1. The zero-order valence-electron chi connectivity index (χ0n) is 47.7. The van der Waals surface area contributed by atoms with E-state index in [-0.39, 0.29) is 101 Å². The number of ketones is 1. The molecule has 4 aromatic carbocycles. The van der Waals surface area contributed by atoms with E-state index in [0.29, 0.717) is 50.7 Å². The van der Waals surface area contributed by atoms with Crippen LogP contribution in [0, 0.1) is 35.3 Å². The smallest absolute Gasteiger partial charge is 0.270 e. The molecule has 25 heteroatoms. The minimum absolute atomic E-state index is 0.0261. The summed E-state index contributed by atoms with van der Waals surface area (Å²) in [6.07, 6.45) is -0.293. The van der Waals surface area contributed by atoms with Crippen LogP contribution in [0.25, 0.3) is 23.2 Å². The van der Waals surface area contributed by atoms with Gasteiger partial charge in [0.15, 0.2) is 52.5 Å². The molecule has 14 rings (SSSR count). The van der Waals surface area contributed by atoms with E-state index in [2.05, 4.69) is 31.2 Å². The largest absolute Gasteiger partial charge is 0.469 e. The molecule has 87 heavy (non-hydrogen) atoms. The van der Waals surface area contributed by atoms with Gasteiger partial charge in [0.05, 0.1) is 6.04 Å². The zero-order chi connectivity index (χ0) is 61.3. The number of hydrogen-bond acceptors (Lipinski definition) is 19. The van der Waals surface area contributed by atoms with E-state index in [9.17, 15) is 33.5 Å². The van der Waals surface area contributed by atoms with Gasteiger partial charge in [0.25, 0.3) is 11.8 Å². The number of halogens is 2. The van der Waals surface area contributed by atoms with Gasteiger partial charge in [-0.25, -0.2) is 28.7 Å². The van der Waals surface area contributed by atoms with Crippen LogP contribution in [0.2, 0.25) is 0 Å². The topological polar surface area (TPSA) is 354 Å². The lowest BCUT2D eigenvalue weighted by Crippen LogP contribution is -2.45. The predicted octanol–water partition coefficient (Wildman–Crippen LogP) is 6.75. The maximum absolute atomic E-state index is 15.1. The average molecular weight is 1190 g/mol. The Balaban J connectivity index is 0.000000163. The lowest BCUT2D eigenvalue weighted by Gasteiger charge is -2.28. The highest BCUT2D eigenvalue weighted by molar-refractivity contribution is 5.92. The Morgan fingerprint density at radius 1 is 0.621 bits per heavy atom. The molecule has 4 amide bonds. The van der Waals surface area contributed by atoms with E-state index in [1.54, 1.807) is 38.1 Å². The van der Waals surface area contributed by atoms with E-state index < -0.39 is 88.6 Å². The number of carbonyl (C=O) groups excluding carboxylic acids is 5. The molecule has 6 aliphatic rings. The Morgan fingerprint density at radius 3 is 1.52 bits per heavy atom. The van der Waals surface area contributed by atoms with Crippen LogP contribution in [0.4, 0.5) is 20.2 Å². The number of aromatic nitrogens is 4. The Bertz CT molecular complexity index is 4170. The number of fused-ring (bicyclic) bond motifs is 8. The molecule has 448 valence electrons. The number of oxazole rings is 4. The number of rotatable bonds is 10. The molecule has 8 aromatic rings. The molecular weight excluding hydrogens is 1130 g/mol. The number of Topliss-reactive ketones (excluding diaryl/α,β-unsaturated/α-hetero) is 1. The van der Waals surface area contributed by atoms with Gasteiger partial charge in [0, 0.05) is 46.0 Å². The van der Waals surface area contributed by atoms with Crippen LogP contribution in [-0.2, 0) is 38.1 Å². The molecule has 4 aromatic heterocycles. The molecule has 0 saturated carbocycles. The third kappa shape index (κ3) is 8.99. The number of nitrogens with two attached hydrogens (primary N) is 3. The lowest BCUT2D eigenvalue weighted by molar-refractivity contribution is -0.135. The number of hydrogen-bond donors (Lipinski definition) is 8. The second-order valence-electron chi connectivity index (χ2n) is 23.7. The first-order valence-corrected chi connectivity index (χ1v) is 28.4. The summed E-state index contributed by atoms with van der Waals surface area (Å²) in [5, 5.41) is 23.3. The first-order chi connectivity index (χ1) is 41.5. The Kier molecular flexibility index (Phi) is 13.4.